The molecule has 2 atom stereocenters. The summed E-state index contributed by atoms with van der Waals surface area (Å²) < 4.78 is 5.42. The zero-order chi connectivity index (χ0) is 11.6. The zero-order valence-corrected chi connectivity index (χ0v) is 10.2. The Morgan fingerprint density at radius 2 is 2.19 bits per heavy atom. The summed E-state index contributed by atoms with van der Waals surface area (Å²) in [6, 6.07) is 8.47. The highest BCUT2D eigenvalue weighted by molar-refractivity contribution is 5.40. The van der Waals surface area contributed by atoms with E-state index in [1.807, 2.05) is 18.2 Å². The number of methoxy groups -OCH3 is 1. The van der Waals surface area contributed by atoms with Crippen molar-refractivity contribution in [2.45, 2.75) is 25.4 Å². The molecule has 1 radical (unpaired) electrons. The standard InChI is InChI=1S/C13H19N2O/c1-10-13(2,15-9-8-14-10)11-6-4-5-7-12(11)16-3/h4-7,10,14H,8-9H2,1-3H3. The number of nitrogens with one attached hydrogen (secondary N) is 1. The molecular weight excluding hydrogens is 200 g/mol. The number of hydrogen-bond acceptors (Lipinski definition) is 2. The predicted molar refractivity (Wildman–Crippen MR) is 64.8 cm³/mol. The lowest BCUT2D eigenvalue weighted by Crippen LogP contribution is -2.57. The van der Waals surface area contributed by atoms with E-state index in [9.17, 15) is 0 Å². The highest BCUT2D eigenvalue weighted by atomic mass is 16.5. The Balaban J connectivity index is 2.40. The Hall–Kier alpha value is -1.06. The van der Waals surface area contributed by atoms with Gasteiger partial charge in [0.2, 0.25) is 0 Å². The summed E-state index contributed by atoms with van der Waals surface area (Å²) in [6.45, 7) is 6.17. The second-order valence-electron chi connectivity index (χ2n) is 4.41. The minimum atomic E-state index is -0.190. The molecule has 2 unspecified atom stereocenters. The lowest BCUT2D eigenvalue weighted by atomic mass is 9.83. The van der Waals surface area contributed by atoms with E-state index in [-0.39, 0.29) is 5.54 Å². The van der Waals surface area contributed by atoms with E-state index >= 15 is 0 Å². The molecule has 0 amide bonds. The summed E-state index contributed by atoms with van der Waals surface area (Å²) in [6.07, 6.45) is 0. The van der Waals surface area contributed by atoms with Gasteiger partial charge in [-0.15, -0.1) is 0 Å². The smallest absolute Gasteiger partial charge is 0.124 e. The lowest BCUT2D eigenvalue weighted by molar-refractivity contribution is 0.218. The quantitative estimate of drug-likeness (QED) is 0.818. The van der Waals surface area contributed by atoms with Crippen LogP contribution in [0.3, 0.4) is 0 Å². The summed E-state index contributed by atoms with van der Waals surface area (Å²) in [7, 11) is 1.71. The molecule has 1 fully saturated rings. The van der Waals surface area contributed by atoms with Crippen molar-refractivity contribution in [3.8, 4) is 5.75 Å². The van der Waals surface area contributed by atoms with Crippen molar-refractivity contribution in [1.82, 2.24) is 10.6 Å². The third-order valence-corrected chi connectivity index (χ3v) is 3.50. The van der Waals surface area contributed by atoms with Crippen LogP contribution < -0.4 is 15.4 Å². The average Bonchev–Trinajstić information content (AvgIpc) is 2.33. The van der Waals surface area contributed by atoms with Gasteiger partial charge >= 0.3 is 0 Å². The number of ether oxygens (including phenoxy) is 1. The molecule has 1 aromatic carbocycles. The number of para-hydroxylation sites is 1. The third kappa shape index (κ3) is 1.81. The molecule has 0 aliphatic carbocycles. The fraction of sp³-hybridized carbons (Fsp3) is 0.538. The Bertz CT molecular complexity index is 367. The fourth-order valence-corrected chi connectivity index (χ4v) is 2.29. The van der Waals surface area contributed by atoms with Crippen LogP contribution in [0.5, 0.6) is 5.75 Å². The lowest BCUT2D eigenvalue weighted by Gasteiger charge is -2.40. The minimum absolute atomic E-state index is 0.190. The maximum atomic E-state index is 5.42. The number of piperazine rings is 1. The van der Waals surface area contributed by atoms with E-state index in [0.717, 1.165) is 24.4 Å². The summed E-state index contributed by atoms with van der Waals surface area (Å²) >= 11 is 0. The SMILES string of the molecule is COc1ccccc1C1(C)[N]CCNC1C. The maximum Gasteiger partial charge on any atom is 0.124 e. The van der Waals surface area contributed by atoms with Gasteiger partial charge in [0.1, 0.15) is 5.75 Å². The Morgan fingerprint density at radius 3 is 2.88 bits per heavy atom. The molecule has 1 aliphatic heterocycles. The van der Waals surface area contributed by atoms with Crippen molar-refractivity contribution in [2.75, 3.05) is 20.2 Å². The molecule has 0 aromatic heterocycles. The monoisotopic (exact) mass is 219 g/mol. The Labute approximate surface area is 97.2 Å². The van der Waals surface area contributed by atoms with E-state index in [1.165, 1.54) is 0 Å². The van der Waals surface area contributed by atoms with Gasteiger partial charge in [0.25, 0.3) is 0 Å². The molecule has 1 saturated heterocycles. The first-order valence-corrected chi connectivity index (χ1v) is 5.74. The van der Waals surface area contributed by atoms with Crippen LogP contribution in [-0.2, 0) is 5.54 Å². The largest absolute Gasteiger partial charge is 0.496 e. The number of nitrogens with zero attached hydrogens (tertiary/aromatic N) is 1. The molecule has 3 heteroatoms. The molecule has 1 N–H and O–H groups in total. The van der Waals surface area contributed by atoms with Gasteiger partial charge in [-0.05, 0) is 19.9 Å². The molecule has 0 spiro atoms. The van der Waals surface area contributed by atoms with Crippen molar-refractivity contribution in [3.05, 3.63) is 29.8 Å². The highest BCUT2D eigenvalue weighted by Gasteiger charge is 2.38. The van der Waals surface area contributed by atoms with E-state index in [1.54, 1.807) is 7.11 Å². The molecule has 87 valence electrons. The zero-order valence-electron chi connectivity index (χ0n) is 10.2. The molecule has 0 saturated carbocycles. The van der Waals surface area contributed by atoms with Crippen LogP contribution in [0.1, 0.15) is 19.4 Å². The van der Waals surface area contributed by atoms with Gasteiger partial charge in [0.15, 0.2) is 0 Å². The van der Waals surface area contributed by atoms with Crippen LogP contribution in [0.4, 0.5) is 0 Å². The molecule has 2 rings (SSSR count). The fourth-order valence-electron chi connectivity index (χ4n) is 2.29. The van der Waals surface area contributed by atoms with Crippen LogP contribution in [0.15, 0.2) is 24.3 Å². The summed E-state index contributed by atoms with van der Waals surface area (Å²) in [5, 5.41) is 8.25. The molecular formula is C13H19N2O. The van der Waals surface area contributed by atoms with Crippen LogP contribution in [0, 0.1) is 0 Å². The van der Waals surface area contributed by atoms with E-state index in [2.05, 4.69) is 25.2 Å². The third-order valence-electron chi connectivity index (χ3n) is 3.50. The van der Waals surface area contributed by atoms with Gasteiger partial charge in [-0.2, -0.15) is 0 Å². The number of benzene rings is 1. The second kappa shape index (κ2) is 4.44. The van der Waals surface area contributed by atoms with E-state index in [4.69, 9.17) is 10.1 Å². The molecule has 1 aromatic rings. The van der Waals surface area contributed by atoms with Crippen molar-refractivity contribution < 1.29 is 4.74 Å². The van der Waals surface area contributed by atoms with Gasteiger partial charge in [-0.1, -0.05) is 18.2 Å². The first kappa shape index (κ1) is 11.4. The summed E-state index contributed by atoms with van der Waals surface area (Å²) in [4.78, 5) is 0. The first-order valence-electron chi connectivity index (χ1n) is 5.74. The van der Waals surface area contributed by atoms with E-state index in [0.29, 0.717) is 6.04 Å². The van der Waals surface area contributed by atoms with Crippen molar-refractivity contribution in [3.63, 3.8) is 0 Å². The molecule has 3 nitrogen and oxygen atoms in total. The Kier molecular flexibility index (Phi) is 3.17. The highest BCUT2D eigenvalue weighted by Crippen LogP contribution is 2.34. The summed E-state index contributed by atoms with van der Waals surface area (Å²) in [5.74, 6) is 0.921. The minimum Gasteiger partial charge on any atom is -0.496 e. The molecule has 1 aliphatic rings. The topological polar surface area (TPSA) is 35.4 Å². The van der Waals surface area contributed by atoms with Crippen molar-refractivity contribution in [1.29, 1.82) is 0 Å². The first-order chi connectivity index (χ1) is 7.68. The maximum absolute atomic E-state index is 5.42. The Morgan fingerprint density at radius 1 is 1.44 bits per heavy atom. The molecule has 0 bridgehead atoms. The van der Waals surface area contributed by atoms with Gasteiger partial charge < -0.3 is 10.1 Å². The second-order valence-corrected chi connectivity index (χ2v) is 4.41. The van der Waals surface area contributed by atoms with Crippen LogP contribution in [-0.4, -0.2) is 26.2 Å². The number of hydrogen-bond donors (Lipinski definition) is 1. The normalized spacial score (nSPS) is 30.1. The van der Waals surface area contributed by atoms with Crippen LogP contribution in [0.25, 0.3) is 0 Å². The van der Waals surface area contributed by atoms with Crippen LogP contribution >= 0.6 is 0 Å². The van der Waals surface area contributed by atoms with Gasteiger partial charge in [0.05, 0.1) is 12.6 Å². The van der Waals surface area contributed by atoms with Crippen molar-refractivity contribution in [2.24, 2.45) is 0 Å². The molecule has 16 heavy (non-hydrogen) atoms. The number of rotatable bonds is 2. The van der Waals surface area contributed by atoms with Gasteiger partial charge in [-0.3, -0.25) is 0 Å². The van der Waals surface area contributed by atoms with E-state index < -0.39 is 0 Å². The molecule has 1 heterocycles. The average molecular weight is 219 g/mol. The predicted octanol–water partition coefficient (Wildman–Crippen LogP) is 1.51. The summed E-state index contributed by atoms with van der Waals surface area (Å²) in [5.41, 5.74) is 0.974. The van der Waals surface area contributed by atoms with Gasteiger partial charge in [0, 0.05) is 24.7 Å². The van der Waals surface area contributed by atoms with Gasteiger partial charge in [-0.25, -0.2) is 5.32 Å². The van der Waals surface area contributed by atoms with Crippen LogP contribution in [0.2, 0.25) is 0 Å². The van der Waals surface area contributed by atoms with Crippen molar-refractivity contribution >= 4 is 0 Å².